The molecule has 47 heavy (non-hydrogen) atoms. The second-order valence-corrected chi connectivity index (χ2v) is 15.7. The summed E-state index contributed by atoms with van der Waals surface area (Å²) in [5.41, 5.74) is 6.76. The normalized spacial score (nSPS) is 22.6. The maximum Gasteiger partial charge on any atom is 0.222 e. The number of carbonyl (C=O) groups is 3. The van der Waals surface area contributed by atoms with Gasteiger partial charge in [-0.05, 0) is 97.9 Å². The zero-order valence-corrected chi connectivity index (χ0v) is 28.8. The SMILES string of the molecule is CN1CC(CCC(=O)c2cccc([C@@H](CCN3CCC(O)CC3)CC(=O)C3=Nc4cc5c(nc4C3)CC[C@H](C(C)(C)C)C5)c2)CC1=O. The number of aryl methyl sites for hydroxylation is 1. The first kappa shape index (κ1) is 33.7. The van der Waals surface area contributed by atoms with Crippen molar-refractivity contribution in [3.05, 3.63) is 58.4 Å². The Labute approximate surface area is 280 Å². The average Bonchev–Trinajstić information content (AvgIpc) is 3.61. The third kappa shape index (κ3) is 8.09. The minimum Gasteiger partial charge on any atom is -0.393 e. The van der Waals surface area contributed by atoms with Gasteiger partial charge in [0.1, 0.15) is 0 Å². The highest BCUT2D eigenvalue weighted by Gasteiger charge is 2.32. The van der Waals surface area contributed by atoms with Gasteiger partial charge in [0.05, 0.1) is 23.2 Å². The number of aromatic nitrogens is 1. The molecule has 2 fully saturated rings. The first-order chi connectivity index (χ1) is 22.4. The maximum atomic E-state index is 13.9. The molecule has 8 heteroatoms. The van der Waals surface area contributed by atoms with Crippen molar-refractivity contribution in [2.24, 2.45) is 22.2 Å². The zero-order valence-electron chi connectivity index (χ0n) is 28.8. The highest BCUT2D eigenvalue weighted by Crippen LogP contribution is 2.39. The molecule has 252 valence electrons. The van der Waals surface area contributed by atoms with Crippen molar-refractivity contribution < 1.29 is 19.5 Å². The van der Waals surface area contributed by atoms with Crippen molar-refractivity contribution in [2.75, 3.05) is 33.2 Å². The minimum absolute atomic E-state index is 0.0525. The molecule has 8 nitrogen and oxygen atoms in total. The largest absolute Gasteiger partial charge is 0.393 e. The Morgan fingerprint density at radius 2 is 1.83 bits per heavy atom. The fourth-order valence-electron chi connectivity index (χ4n) is 7.97. The summed E-state index contributed by atoms with van der Waals surface area (Å²) in [5.74, 6) is 1.08. The van der Waals surface area contributed by atoms with Gasteiger partial charge in [-0.25, -0.2) is 4.99 Å². The fourth-order valence-corrected chi connectivity index (χ4v) is 7.97. The molecule has 1 N–H and O–H groups in total. The lowest BCUT2D eigenvalue weighted by molar-refractivity contribution is -0.126. The fraction of sp³-hybridized carbons (Fsp3) is 0.615. The van der Waals surface area contributed by atoms with Crippen molar-refractivity contribution in [1.82, 2.24) is 14.8 Å². The number of hydrogen-bond donors (Lipinski definition) is 1. The van der Waals surface area contributed by atoms with Crippen LogP contribution in [0.5, 0.6) is 0 Å². The van der Waals surface area contributed by atoms with Gasteiger partial charge in [0.15, 0.2) is 11.6 Å². The van der Waals surface area contributed by atoms with E-state index < -0.39 is 0 Å². The Morgan fingerprint density at radius 3 is 2.55 bits per heavy atom. The predicted octanol–water partition coefficient (Wildman–Crippen LogP) is 5.89. The van der Waals surface area contributed by atoms with Gasteiger partial charge in [-0.15, -0.1) is 0 Å². The second kappa shape index (κ2) is 14.1. The van der Waals surface area contributed by atoms with E-state index >= 15 is 0 Å². The Kier molecular flexibility index (Phi) is 10.1. The van der Waals surface area contributed by atoms with Gasteiger partial charge in [0.2, 0.25) is 5.91 Å². The van der Waals surface area contributed by atoms with Gasteiger partial charge < -0.3 is 14.9 Å². The van der Waals surface area contributed by atoms with Gasteiger partial charge in [0, 0.05) is 63.6 Å². The van der Waals surface area contributed by atoms with Crippen LogP contribution in [0.15, 0.2) is 35.3 Å². The van der Waals surface area contributed by atoms with E-state index in [0.717, 1.165) is 75.1 Å². The molecule has 3 aliphatic heterocycles. The minimum atomic E-state index is -0.227. The third-order valence-electron chi connectivity index (χ3n) is 11.2. The number of hydrogen-bond acceptors (Lipinski definition) is 7. The van der Waals surface area contributed by atoms with Crippen LogP contribution < -0.4 is 0 Å². The van der Waals surface area contributed by atoms with Gasteiger partial charge in [0.25, 0.3) is 0 Å². The number of Topliss-reactive ketones (excluding diaryl/α,β-unsaturated/α-hetero) is 2. The molecular weight excluding hydrogens is 588 g/mol. The van der Waals surface area contributed by atoms with Crippen molar-refractivity contribution in [1.29, 1.82) is 0 Å². The maximum absolute atomic E-state index is 13.9. The van der Waals surface area contributed by atoms with E-state index in [1.165, 1.54) is 11.3 Å². The summed E-state index contributed by atoms with van der Waals surface area (Å²) in [6, 6.07) is 10.0. The summed E-state index contributed by atoms with van der Waals surface area (Å²) < 4.78 is 0. The Bertz CT molecular complexity index is 1530. The first-order valence-corrected chi connectivity index (χ1v) is 17.8. The highest BCUT2D eigenvalue weighted by atomic mass is 16.3. The molecule has 2 saturated heterocycles. The van der Waals surface area contributed by atoms with Gasteiger partial charge in [-0.3, -0.25) is 19.4 Å². The van der Waals surface area contributed by atoms with E-state index in [2.05, 4.69) is 31.7 Å². The van der Waals surface area contributed by atoms with Crippen LogP contribution in [0, 0.1) is 17.3 Å². The summed E-state index contributed by atoms with van der Waals surface area (Å²) >= 11 is 0. The molecule has 1 aromatic carbocycles. The summed E-state index contributed by atoms with van der Waals surface area (Å²) in [7, 11) is 1.82. The number of aliphatic hydroxyl groups excluding tert-OH is 1. The van der Waals surface area contributed by atoms with Crippen LogP contribution in [0.4, 0.5) is 5.69 Å². The van der Waals surface area contributed by atoms with E-state index in [1.807, 2.05) is 31.3 Å². The number of pyridine rings is 1. The number of likely N-dealkylation sites (tertiary alicyclic amines) is 2. The van der Waals surface area contributed by atoms with Crippen LogP contribution in [-0.2, 0) is 28.9 Å². The number of aliphatic hydroxyl groups is 1. The molecule has 1 amide bonds. The lowest BCUT2D eigenvalue weighted by atomic mass is 9.71. The summed E-state index contributed by atoms with van der Waals surface area (Å²) in [4.78, 5) is 53.2. The Hall–Kier alpha value is -3.23. The number of fused-ring (bicyclic) bond motifs is 2. The van der Waals surface area contributed by atoms with Crippen molar-refractivity contribution in [2.45, 2.75) is 103 Å². The first-order valence-electron chi connectivity index (χ1n) is 17.8. The molecule has 1 aromatic heterocycles. The van der Waals surface area contributed by atoms with Crippen molar-refractivity contribution in [3.8, 4) is 0 Å². The highest BCUT2D eigenvalue weighted by molar-refractivity contribution is 6.41. The standard InChI is InChI=1S/C39H52N4O4/c1-39(2,3)30-9-10-32-29(20-30)21-33-34(40-32)23-35(41-33)37(46)22-27(12-15-43-16-13-31(44)14-17-43)26-6-5-7-28(19-26)36(45)11-8-25-18-38(47)42(4)24-25/h5-7,19,21,25,27,30-31,44H,8-18,20,22-24H2,1-4H3/t25?,27-,30-/m0/s1. The smallest absolute Gasteiger partial charge is 0.222 e. The molecule has 0 saturated carbocycles. The van der Waals surface area contributed by atoms with Gasteiger partial charge >= 0.3 is 0 Å². The lowest BCUT2D eigenvalue weighted by Crippen LogP contribution is -2.37. The number of rotatable bonds is 11. The number of nitrogens with zero attached hydrogens (tertiary/aromatic N) is 4. The number of aliphatic imine (C=N–C) groups is 1. The summed E-state index contributed by atoms with van der Waals surface area (Å²) in [6.45, 7) is 10.2. The molecule has 1 unspecified atom stereocenters. The molecule has 6 rings (SSSR count). The van der Waals surface area contributed by atoms with E-state index in [-0.39, 0.29) is 40.8 Å². The molecule has 0 spiro atoms. The number of piperidine rings is 1. The molecule has 3 atom stereocenters. The average molecular weight is 641 g/mol. The van der Waals surface area contributed by atoms with Crippen LogP contribution in [-0.4, -0.2) is 82.4 Å². The van der Waals surface area contributed by atoms with E-state index in [9.17, 15) is 19.5 Å². The van der Waals surface area contributed by atoms with Gasteiger partial charge in [-0.2, -0.15) is 0 Å². The zero-order chi connectivity index (χ0) is 33.3. The molecule has 0 bridgehead atoms. The van der Waals surface area contributed by atoms with Gasteiger partial charge in [-0.1, -0.05) is 39.0 Å². The molecule has 2 aromatic rings. The number of benzene rings is 1. The molecule has 4 heterocycles. The Morgan fingerprint density at radius 1 is 1.04 bits per heavy atom. The van der Waals surface area contributed by atoms with Crippen molar-refractivity contribution in [3.63, 3.8) is 0 Å². The van der Waals surface area contributed by atoms with Crippen LogP contribution in [0.25, 0.3) is 0 Å². The summed E-state index contributed by atoms with van der Waals surface area (Å²) in [5, 5.41) is 10.00. The number of amides is 1. The molecular formula is C39H52N4O4. The lowest BCUT2D eigenvalue weighted by Gasteiger charge is -2.34. The topological polar surface area (TPSA) is 103 Å². The monoisotopic (exact) mass is 640 g/mol. The van der Waals surface area contributed by atoms with E-state index in [4.69, 9.17) is 9.98 Å². The third-order valence-corrected chi connectivity index (χ3v) is 11.2. The molecule has 0 radical (unpaired) electrons. The number of ketones is 2. The van der Waals surface area contributed by atoms with Crippen LogP contribution >= 0.6 is 0 Å². The van der Waals surface area contributed by atoms with Crippen LogP contribution in [0.2, 0.25) is 0 Å². The quantitative estimate of drug-likeness (QED) is 0.307. The molecule has 1 aliphatic carbocycles. The predicted molar refractivity (Wildman–Crippen MR) is 184 cm³/mol. The van der Waals surface area contributed by atoms with Crippen LogP contribution in [0.3, 0.4) is 0 Å². The second-order valence-electron chi connectivity index (χ2n) is 15.7. The Balaban J connectivity index is 1.16. The molecule has 4 aliphatic rings. The van der Waals surface area contributed by atoms with E-state index in [0.29, 0.717) is 55.8 Å². The van der Waals surface area contributed by atoms with E-state index in [1.54, 1.807) is 4.90 Å². The summed E-state index contributed by atoms with van der Waals surface area (Å²) in [6.07, 6.45) is 7.71. The number of carbonyl (C=O) groups excluding carboxylic acids is 3. The van der Waals surface area contributed by atoms with Crippen molar-refractivity contribution >= 4 is 28.9 Å². The van der Waals surface area contributed by atoms with Crippen LogP contribution in [0.1, 0.15) is 111 Å².